The normalized spacial score (nSPS) is 14.7. The summed E-state index contributed by atoms with van der Waals surface area (Å²) in [5, 5.41) is 8.31. The van der Waals surface area contributed by atoms with Crippen molar-refractivity contribution in [3.05, 3.63) is 56.4 Å². The van der Waals surface area contributed by atoms with Crippen LogP contribution >= 0.6 is 22.6 Å². The highest BCUT2D eigenvalue weighted by atomic mass is 127. The number of rotatable bonds is 2. The molecule has 0 saturated carbocycles. The Morgan fingerprint density at radius 2 is 2.00 bits per heavy atom. The van der Waals surface area contributed by atoms with Crippen molar-refractivity contribution < 1.29 is 4.79 Å². The largest absolute Gasteiger partial charge is 0.287 e. The summed E-state index contributed by atoms with van der Waals surface area (Å²) in [5.74, 6) is -0.0276. The van der Waals surface area contributed by atoms with Crippen molar-refractivity contribution in [2.75, 3.05) is 0 Å². The van der Waals surface area contributed by atoms with E-state index >= 15 is 0 Å². The maximum Gasteiger partial charge on any atom is 0.207 e. The Morgan fingerprint density at radius 1 is 1.27 bits per heavy atom. The lowest BCUT2D eigenvalue weighted by Crippen LogP contribution is -2.21. The molecule has 4 nitrogen and oxygen atoms in total. The van der Waals surface area contributed by atoms with Gasteiger partial charge < -0.3 is 0 Å². The molecule has 1 aliphatic rings. The average molecular weight is 407 g/mol. The summed E-state index contributed by atoms with van der Waals surface area (Å²) in [6.45, 7) is 7.04. The lowest BCUT2D eigenvalue weighted by Gasteiger charge is -2.25. The summed E-state index contributed by atoms with van der Waals surface area (Å²) in [4.78, 5) is 12.3. The molecule has 0 saturated heterocycles. The zero-order chi connectivity index (χ0) is 15.9. The average Bonchev–Trinajstić information content (AvgIpc) is 2.84. The number of fused-ring (bicyclic) bond motifs is 1. The van der Waals surface area contributed by atoms with Crippen LogP contribution in [0.3, 0.4) is 0 Å². The van der Waals surface area contributed by atoms with Crippen LogP contribution in [0.4, 0.5) is 0 Å². The van der Waals surface area contributed by atoms with Crippen molar-refractivity contribution in [1.29, 1.82) is 0 Å². The number of halogens is 1. The van der Waals surface area contributed by atoms with E-state index < -0.39 is 0 Å². The molecule has 0 spiro atoms. The fourth-order valence-electron chi connectivity index (χ4n) is 2.55. The highest BCUT2D eigenvalue weighted by Crippen LogP contribution is 2.32. The monoisotopic (exact) mass is 407 g/mol. The van der Waals surface area contributed by atoms with Gasteiger partial charge in [0.05, 0.1) is 12.2 Å². The van der Waals surface area contributed by atoms with E-state index in [1.165, 1.54) is 9.13 Å². The molecule has 1 heterocycles. The summed E-state index contributed by atoms with van der Waals surface area (Å²) < 4.78 is 3.06. The van der Waals surface area contributed by atoms with Crippen LogP contribution in [0.15, 0.2) is 35.9 Å². The first-order valence-corrected chi connectivity index (χ1v) is 8.35. The molecule has 0 N–H and O–H groups in total. The predicted octanol–water partition coefficient (Wildman–Crippen LogP) is 3.64. The first-order chi connectivity index (χ1) is 10.4. The maximum absolute atomic E-state index is 12.3. The molecule has 114 valence electrons. The fraction of sp³-hybridized carbons (Fsp3) is 0.353. The molecule has 3 rings (SSSR count). The zero-order valence-corrected chi connectivity index (χ0v) is 15.1. The number of hydrogen-bond acceptors (Lipinski definition) is 3. The van der Waals surface area contributed by atoms with Gasteiger partial charge in [-0.15, -0.1) is 5.10 Å². The molecule has 0 unspecified atom stereocenters. The number of hydrogen-bond donors (Lipinski definition) is 0. The third kappa shape index (κ3) is 2.86. The summed E-state index contributed by atoms with van der Waals surface area (Å²) in [6.07, 6.45) is 2.47. The third-order valence-corrected chi connectivity index (χ3v) is 5.03. The van der Waals surface area contributed by atoms with Gasteiger partial charge in [-0.25, -0.2) is 4.68 Å². The van der Waals surface area contributed by atoms with E-state index in [4.69, 9.17) is 0 Å². The van der Waals surface area contributed by atoms with Gasteiger partial charge in [-0.1, -0.05) is 49.8 Å². The van der Waals surface area contributed by atoms with E-state index in [1.807, 2.05) is 16.8 Å². The Balaban J connectivity index is 1.96. The van der Waals surface area contributed by atoms with E-state index in [0.29, 0.717) is 12.2 Å². The number of ketones is 1. The highest BCUT2D eigenvalue weighted by molar-refractivity contribution is 14.1. The van der Waals surface area contributed by atoms with Crippen LogP contribution < -0.4 is 0 Å². The minimum Gasteiger partial charge on any atom is -0.287 e. The van der Waals surface area contributed by atoms with E-state index in [2.05, 4.69) is 65.8 Å². The van der Waals surface area contributed by atoms with Gasteiger partial charge in [0.15, 0.2) is 5.69 Å². The summed E-state index contributed by atoms with van der Waals surface area (Å²) in [7, 11) is 0. The van der Waals surface area contributed by atoms with Gasteiger partial charge >= 0.3 is 0 Å². The molecule has 1 aliphatic carbocycles. The van der Waals surface area contributed by atoms with Crippen molar-refractivity contribution >= 4 is 28.4 Å². The van der Waals surface area contributed by atoms with Gasteiger partial charge in [0, 0.05) is 9.99 Å². The Bertz CT molecular complexity index is 768. The van der Waals surface area contributed by atoms with E-state index in [0.717, 1.165) is 17.7 Å². The van der Waals surface area contributed by atoms with Crippen LogP contribution in [-0.4, -0.2) is 20.8 Å². The number of carbonyl (C=O) groups is 1. The second-order valence-corrected chi connectivity index (χ2v) is 7.76. The lowest BCUT2D eigenvalue weighted by molar-refractivity contribution is 0.103. The van der Waals surface area contributed by atoms with Crippen molar-refractivity contribution in [2.45, 2.75) is 33.7 Å². The number of benzene rings is 1. The molecule has 0 fully saturated rings. The SMILES string of the molecule is CC(C)(C)C1=CC(=O)c2nnn(Cc3ccccc3I)c2C1. The topological polar surface area (TPSA) is 47.8 Å². The summed E-state index contributed by atoms with van der Waals surface area (Å²) in [6, 6.07) is 8.20. The molecule has 0 amide bonds. The maximum atomic E-state index is 12.3. The Labute approximate surface area is 143 Å². The van der Waals surface area contributed by atoms with Crippen LogP contribution in [0.2, 0.25) is 0 Å². The quantitative estimate of drug-likeness (QED) is 0.715. The van der Waals surface area contributed by atoms with Gasteiger partial charge in [0.1, 0.15) is 0 Å². The standard InChI is InChI=1S/C17H18IN3O/c1-17(2,3)12-8-14-16(15(22)9-12)19-20-21(14)10-11-6-4-5-7-13(11)18/h4-7,9H,8,10H2,1-3H3. The summed E-state index contributed by atoms with van der Waals surface area (Å²) >= 11 is 2.32. The smallest absolute Gasteiger partial charge is 0.207 e. The Kier molecular flexibility index (Phi) is 3.92. The Morgan fingerprint density at radius 3 is 2.68 bits per heavy atom. The van der Waals surface area contributed by atoms with E-state index in [-0.39, 0.29) is 11.2 Å². The van der Waals surface area contributed by atoms with Crippen LogP contribution in [0.25, 0.3) is 0 Å². The predicted molar refractivity (Wildman–Crippen MR) is 93.9 cm³/mol. The molecule has 22 heavy (non-hydrogen) atoms. The first-order valence-electron chi connectivity index (χ1n) is 7.27. The van der Waals surface area contributed by atoms with Crippen molar-refractivity contribution in [3.8, 4) is 0 Å². The number of carbonyl (C=O) groups excluding carboxylic acids is 1. The van der Waals surface area contributed by atoms with Gasteiger partial charge in [-0.05, 0) is 45.7 Å². The molecule has 1 aromatic heterocycles. The van der Waals surface area contributed by atoms with Crippen molar-refractivity contribution in [3.63, 3.8) is 0 Å². The molecule has 2 aromatic rings. The number of aromatic nitrogens is 3. The van der Waals surface area contributed by atoms with E-state index in [9.17, 15) is 4.79 Å². The molecular formula is C17H18IN3O. The minimum absolute atomic E-state index is 0.0242. The molecule has 0 bridgehead atoms. The van der Waals surface area contributed by atoms with Gasteiger partial charge in [0.25, 0.3) is 0 Å². The molecule has 1 aromatic carbocycles. The molecule has 0 radical (unpaired) electrons. The first kappa shape index (κ1) is 15.4. The Hall–Kier alpha value is -1.50. The molecule has 5 heteroatoms. The van der Waals surface area contributed by atoms with Crippen molar-refractivity contribution in [2.24, 2.45) is 5.41 Å². The van der Waals surface area contributed by atoms with Gasteiger partial charge in [0.2, 0.25) is 5.78 Å². The van der Waals surface area contributed by atoms with Crippen LogP contribution in [0, 0.1) is 8.99 Å². The van der Waals surface area contributed by atoms with Crippen LogP contribution in [0.5, 0.6) is 0 Å². The lowest BCUT2D eigenvalue weighted by atomic mass is 9.80. The van der Waals surface area contributed by atoms with Crippen LogP contribution in [0.1, 0.15) is 42.5 Å². The van der Waals surface area contributed by atoms with Crippen molar-refractivity contribution in [1.82, 2.24) is 15.0 Å². The molecule has 0 atom stereocenters. The number of nitrogens with zero attached hydrogens (tertiary/aromatic N) is 3. The third-order valence-electron chi connectivity index (χ3n) is 3.98. The zero-order valence-electron chi connectivity index (χ0n) is 12.9. The molecular weight excluding hydrogens is 389 g/mol. The van der Waals surface area contributed by atoms with Gasteiger partial charge in [-0.2, -0.15) is 0 Å². The number of allylic oxidation sites excluding steroid dienone is 2. The summed E-state index contributed by atoms with van der Waals surface area (Å²) in [5.41, 5.74) is 3.73. The fourth-order valence-corrected chi connectivity index (χ4v) is 3.11. The highest BCUT2D eigenvalue weighted by Gasteiger charge is 2.29. The van der Waals surface area contributed by atoms with E-state index in [1.54, 1.807) is 6.08 Å². The second-order valence-electron chi connectivity index (χ2n) is 6.59. The van der Waals surface area contributed by atoms with Gasteiger partial charge in [-0.3, -0.25) is 4.79 Å². The van der Waals surface area contributed by atoms with Crippen LogP contribution in [-0.2, 0) is 13.0 Å². The molecule has 0 aliphatic heterocycles. The second kappa shape index (κ2) is 5.61. The minimum atomic E-state index is -0.0276.